The van der Waals surface area contributed by atoms with Crippen molar-refractivity contribution in [2.24, 2.45) is 5.41 Å². The molecule has 1 rings (SSSR count). The summed E-state index contributed by atoms with van der Waals surface area (Å²) in [5, 5.41) is 3.68. The van der Waals surface area contributed by atoms with Crippen molar-refractivity contribution in [3.05, 3.63) is 0 Å². The second-order valence-electron chi connectivity index (χ2n) is 6.91. The lowest BCUT2D eigenvalue weighted by Crippen LogP contribution is -2.47. The van der Waals surface area contributed by atoms with Gasteiger partial charge in [-0.3, -0.25) is 0 Å². The van der Waals surface area contributed by atoms with Crippen molar-refractivity contribution in [3.63, 3.8) is 0 Å². The van der Waals surface area contributed by atoms with Crippen LogP contribution in [-0.4, -0.2) is 36.6 Å². The first kappa shape index (κ1) is 17.0. The summed E-state index contributed by atoms with van der Waals surface area (Å²) in [6.45, 7) is 15.4. The van der Waals surface area contributed by atoms with Gasteiger partial charge in [-0.15, -0.1) is 0 Å². The standard InChI is InChI=1S/C17H36N2/c1-6-17(7-2,13-18-15(3)4)14-19-12-10-8-9-11-16(19)5/h15-16,18H,6-14H2,1-5H3. The summed E-state index contributed by atoms with van der Waals surface area (Å²) in [5.41, 5.74) is 0.461. The minimum atomic E-state index is 0.461. The maximum Gasteiger partial charge on any atom is 0.00671 e. The van der Waals surface area contributed by atoms with Crippen molar-refractivity contribution in [2.45, 2.75) is 85.2 Å². The molecule has 1 aliphatic rings. The minimum absolute atomic E-state index is 0.461. The fourth-order valence-corrected chi connectivity index (χ4v) is 3.20. The quantitative estimate of drug-likeness (QED) is 0.749. The highest BCUT2D eigenvalue weighted by atomic mass is 15.2. The molecule has 1 heterocycles. The first-order valence-corrected chi connectivity index (χ1v) is 8.50. The van der Waals surface area contributed by atoms with E-state index in [-0.39, 0.29) is 0 Å². The van der Waals surface area contributed by atoms with Crippen molar-refractivity contribution in [3.8, 4) is 0 Å². The topological polar surface area (TPSA) is 15.3 Å². The van der Waals surface area contributed by atoms with Crippen molar-refractivity contribution >= 4 is 0 Å². The van der Waals surface area contributed by atoms with E-state index in [0.717, 1.165) is 6.04 Å². The molecule has 0 amide bonds. The van der Waals surface area contributed by atoms with Crippen molar-refractivity contribution in [1.29, 1.82) is 0 Å². The molecule has 1 atom stereocenters. The summed E-state index contributed by atoms with van der Waals surface area (Å²) in [5.74, 6) is 0. The van der Waals surface area contributed by atoms with Gasteiger partial charge in [0.1, 0.15) is 0 Å². The molecule has 114 valence electrons. The van der Waals surface area contributed by atoms with Gasteiger partial charge in [0.2, 0.25) is 0 Å². The van der Waals surface area contributed by atoms with Crippen LogP contribution in [0.4, 0.5) is 0 Å². The Balaban J connectivity index is 2.64. The highest BCUT2D eigenvalue weighted by Crippen LogP contribution is 2.29. The highest BCUT2D eigenvalue weighted by molar-refractivity contribution is 4.86. The Kier molecular flexibility index (Phi) is 7.38. The lowest BCUT2D eigenvalue weighted by atomic mass is 9.81. The van der Waals surface area contributed by atoms with Gasteiger partial charge in [0.05, 0.1) is 0 Å². The third-order valence-electron chi connectivity index (χ3n) is 5.11. The van der Waals surface area contributed by atoms with E-state index in [9.17, 15) is 0 Å². The lowest BCUT2D eigenvalue weighted by Gasteiger charge is -2.40. The van der Waals surface area contributed by atoms with Gasteiger partial charge in [0, 0.05) is 25.2 Å². The molecule has 19 heavy (non-hydrogen) atoms. The lowest BCUT2D eigenvalue weighted by molar-refractivity contribution is 0.104. The molecule has 0 aromatic carbocycles. The smallest absolute Gasteiger partial charge is 0.00671 e. The van der Waals surface area contributed by atoms with Crippen molar-refractivity contribution in [1.82, 2.24) is 10.2 Å². The Morgan fingerprint density at radius 1 is 1.16 bits per heavy atom. The average Bonchev–Trinajstić information content (AvgIpc) is 2.60. The molecule has 1 unspecified atom stereocenters. The summed E-state index contributed by atoms with van der Waals surface area (Å²) in [7, 11) is 0. The maximum absolute atomic E-state index is 3.68. The summed E-state index contributed by atoms with van der Waals surface area (Å²) in [4.78, 5) is 2.77. The fraction of sp³-hybridized carbons (Fsp3) is 1.00. The predicted octanol–water partition coefficient (Wildman–Crippen LogP) is 4.06. The van der Waals surface area contributed by atoms with E-state index in [1.165, 1.54) is 58.2 Å². The molecule has 2 nitrogen and oxygen atoms in total. The Morgan fingerprint density at radius 2 is 1.84 bits per heavy atom. The first-order chi connectivity index (χ1) is 9.03. The number of hydrogen-bond acceptors (Lipinski definition) is 2. The second-order valence-corrected chi connectivity index (χ2v) is 6.91. The van der Waals surface area contributed by atoms with E-state index in [1.807, 2.05) is 0 Å². The molecule has 1 N–H and O–H groups in total. The zero-order chi connectivity index (χ0) is 14.3. The van der Waals surface area contributed by atoms with Gasteiger partial charge in [0.25, 0.3) is 0 Å². The highest BCUT2D eigenvalue weighted by Gasteiger charge is 2.30. The Morgan fingerprint density at radius 3 is 2.42 bits per heavy atom. The summed E-state index contributed by atoms with van der Waals surface area (Å²) in [6.07, 6.45) is 8.20. The average molecular weight is 268 g/mol. The van der Waals surface area contributed by atoms with E-state index in [1.54, 1.807) is 0 Å². The van der Waals surface area contributed by atoms with Gasteiger partial charge in [-0.25, -0.2) is 0 Å². The van der Waals surface area contributed by atoms with Crippen LogP contribution in [0.5, 0.6) is 0 Å². The van der Waals surface area contributed by atoms with Crippen LogP contribution >= 0.6 is 0 Å². The third-order valence-corrected chi connectivity index (χ3v) is 5.11. The number of rotatable bonds is 7. The summed E-state index contributed by atoms with van der Waals surface area (Å²) >= 11 is 0. The number of nitrogens with one attached hydrogen (secondary N) is 1. The maximum atomic E-state index is 3.68. The number of hydrogen-bond donors (Lipinski definition) is 1. The van der Waals surface area contributed by atoms with Gasteiger partial charge in [-0.05, 0) is 44.6 Å². The molecule has 0 spiro atoms. The van der Waals surface area contributed by atoms with E-state index in [2.05, 4.69) is 44.8 Å². The predicted molar refractivity (Wildman–Crippen MR) is 85.7 cm³/mol. The van der Waals surface area contributed by atoms with E-state index >= 15 is 0 Å². The monoisotopic (exact) mass is 268 g/mol. The van der Waals surface area contributed by atoms with Gasteiger partial charge < -0.3 is 10.2 Å². The molecule has 0 saturated carbocycles. The Hall–Kier alpha value is -0.0800. The van der Waals surface area contributed by atoms with Crippen LogP contribution in [0.1, 0.15) is 73.1 Å². The molecule has 1 saturated heterocycles. The van der Waals surface area contributed by atoms with Crippen LogP contribution in [0.3, 0.4) is 0 Å². The van der Waals surface area contributed by atoms with Gasteiger partial charge in [-0.2, -0.15) is 0 Å². The van der Waals surface area contributed by atoms with Crippen LogP contribution in [0, 0.1) is 5.41 Å². The third kappa shape index (κ3) is 5.43. The number of nitrogens with zero attached hydrogens (tertiary/aromatic N) is 1. The first-order valence-electron chi connectivity index (χ1n) is 8.50. The van der Waals surface area contributed by atoms with Crippen molar-refractivity contribution < 1.29 is 0 Å². The fourth-order valence-electron chi connectivity index (χ4n) is 3.20. The molecule has 0 aliphatic carbocycles. The van der Waals surface area contributed by atoms with Gasteiger partial charge >= 0.3 is 0 Å². The van der Waals surface area contributed by atoms with E-state index < -0.39 is 0 Å². The van der Waals surface area contributed by atoms with Gasteiger partial charge in [0.15, 0.2) is 0 Å². The molecular formula is C17H36N2. The Labute approximate surface area is 121 Å². The van der Waals surface area contributed by atoms with Crippen LogP contribution in [-0.2, 0) is 0 Å². The zero-order valence-corrected chi connectivity index (χ0v) is 14.0. The molecule has 1 fully saturated rings. The molecule has 0 bridgehead atoms. The SMILES string of the molecule is CCC(CC)(CNC(C)C)CN1CCCCCC1C. The van der Waals surface area contributed by atoms with Crippen LogP contribution in [0.15, 0.2) is 0 Å². The van der Waals surface area contributed by atoms with E-state index in [0.29, 0.717) is 11.5 Å². The number of likely N-dealkylation sites (tertiary alicyclic amines) is 1. The summed E-state index contributed by atoms with van der Waals surface area (Å²) in [6, 6.07) is 1.37. The van der Waals surface area contributed by atoms with Crippen LogP contribution in [0.25, 0.3) is 0 Å². The second kappa shape index (κ2) is 8.26. The molecular weight excluding hydrogens is 232 g/mol. The van der Waals surface area contributed by atoms with Gasteiger partial charge in [-0.1, -0.05) is 40.5 Å². The summed E-state index contributed by atoms with van der Waals surface area (Å²) < 4.78 is 0. The largest absolute Gasteiger partial charge is 0.314 e. The minimum Gasteiger partial charge on any atom is -0.314 e. The molecule has 2 heteroatoms. The Bertz CT molecular complexity index is 233. The molecule has 0 radical (unpaired) electrons. The van der Waals surface area contributed by atoms with Crippen molar-refractivity contribution in [2.75, 3.05) is 19.6 Å². The molecule has 1 aliphatic heterocycles. The van der Waals surface area contributed by atoms with E-state index in [4.69, 9.17) is 0 Å². The van der Waals surface area contributed by atoms with Crippen LogP contribution in [0.2, 0.25) is 0 Å². The molecule has 0 aromatic heterocycles. The normalized spacial score (nSPS) is 22.7. The van der Waals surface area contributed by atoms with Crippen LogP contribution < -0.4 is 5.32 Å². The zero-order valence-electron chi connectivity index (χ0n) is 14.0. The molecule has 0 aromatic rings.